The molecule has 0 spiro atoms. The number of anilines is 1. The first-order chi connectivity index (χ1) is 11.5. The molecule has 6 nitrogen and oxygen atoms in total. The number of aryl methyl sites for hydroxylation is 2. The molecule has 0 saturated carbocycles. The van der Waals surface area contributed by atoms with E-state index in [0.29, 0.717) is 0 Å². The summed E-state index contributed by atoms with van der Waals surface area (Å²) in [7, 11) is 0. The summed E-state index contributed by atoms with van der Waals surface area (Å²) in [5.41, 5.74) is 3.94. The molecule has 3 aromatic heterocycles. The van der Waals surface area contributed by atoms with Crippen LogP contribution in [0.3, 0.4) is 0 Å². The van der Waals surface area contributed by atoms with Crippen molar-refractivity contribution in [3.05, 3.63) is 65.1 Å². The summed E-state index contributed by atoms with van der Waals surface area (Å²) < 4.78 is 0. The van der Waals surface area contributed by atoms with Crippen LogP contribution >= 0.6 is 11.6 Å². The molecule has 0 atom stereocenters. The highest BCUT2D eigenvalue weighted by molar-refractivity contribution is 6.29. The molecule has 1 amide bonds. The monoisotopic (exact) mass is 339 g/mol. The zero-order valence-electron chi connectivity index (χ0n) is 13.1. The lowest BCUT2D eigenvalue weighted by Crippen LogP contribution is -2.15. The van der Waals surface area contributed by atoms with Crippen molar-refractivity contribution in [3.8, 4) is 11.1 Å². The van der Waals surface area contributed by atoms with Crippen molar-refractivity contribution >= 4 is 23.3 Å². The maximum atomic E-state index is 12.4. The minimum Gasteiger partial charge on any atom is -0.304 e. The maximum absolute atomic E-state index is 12.4. The summed E-state index contributed by atoms with van der Waals surface area (Å²) in [5.74, 6) is -0.104. The fraction of sp³-hybridized carbons (Fsp3) is 0.118. The quantitative estimate of drug-likeness (QED) is 0.790. The third-order valence-electron chi connectivity index (χ3n) is 3.38. The smallest absolute Gasteiger partial charge is 0.275 e. The zero-order chi connectivity index (χ0) is 17.1. The number of nitrogens with one attached hydrogen (secondary N) is 1. The SMILES string of the molecule is Cc1cc(-c2cnccc2C)cc(C(=O)Nc2cncc(Cl)n2)n1. The van der Waals surface area contributed by atoms with Crippen LogP contribution in [0, 0.1) is 13.8 Å². The van der Waals surface area contributed by atoms with E-state index in [1.54, 1.807) is 18.5 Å². The average molecular weight is 340 g/mol. The van der Waals surface area contributed by atoms with Gasteiger partial charge in [-0.15, -0.1) is 0 Å². The van der Waals surface area contributed by atoms with Crippen LogP contribution in [0.1, 0.15) is 21.7 Å². The summed E-state index contributed by atoms with van der Waals surface area (Å²) in [6.45, 7) is 3.83. The molecule has 0 bridgehead atoms. The van der Waals surface area contributed by atoms with Crippen molar-refractivity contribution in [1.29, 1.82) is 0 Å². The molecule has 3 aromatic rings. The number of amides is 1. The molecule has 3 rings (SSSR count). The minimum atomic E-state index is -0.377. The van der Waals surface area contributed by atoms with Crippen LogP contribution in [0.25, 0.3) is 11.1 Å². The fourth-order valence-electron chi connectivity index (χ4n) is 2.29. The van der Waals surface area contributed by atoms with E-state index >= 15 is 0 Å². The standard InChI is InChI=1S/C17H14ClN5O/c1-10-3-4-19-7-13(10)12-5-11(2)21-14(6-12)17(24)23-16-9-20-8-15(18)22-16/h3-9H,1-2H3,(H,22,23,24). The molecule has 24 heavy (non-hydrogen) atoms. The highest BCUT2D eigenvalue weighted by Crippen LogP contribution is 2.23. The van der Waals surface area contributed by atoms with Crippen LogP contribution in [0.15, 0.2) is 43.0 Å². The molecule has 3 heterocycles. The van der Waals surface area contributed by atoms with Gasteiger partial charge in [0.25, 0.3) is 5.91 Å². The minimum absolute atomic E-state index is 0.205. The third kappa shape index (κ3) is 3.55. The molecule has 0 fully saturated rings. The Morgan fingerprint density at radius 1 is 1.08 bits per heavy atom. The molecule has 0 radical (unpaired) electrons. The normalized spacial score (nSPS) is 10.5. The molecule has 1 N–H and O–H groups in total. The second kappa shape index (κ2) is 6.72. The largest absolute Gasteiger partial charge is 0.304 e. The summed E-state index contributed by atoms with van der Waals surface area (Å²) in [5, 5.41) is 2.85. The van der Waals surface area contributed by atoms with Gasteiger partial charge in [0, 0.05) is 23.7 Å². The summed E-state index contributed by atoms with van der Waals surface area (Å²) >= 11 is 5.77. The lowest BCUT2D eigenvalue weighted by atomic mass is 10.0. The molecule has 0 unspecified atom stereocenters. The number of aromatic nitrogens is 4. The number of nitrogens with zero attached hydrogens (tertiary/aromatic N) is 4. The molecular weight excluding hydrogens is 326 g/mol. The Morgan fingerprint density at radius 2 is 1.92 bits per heavy atom. The second-order valence-corrected chi connectivity index (χ2v) is 5.64. The zero-order valence-corrected chi connectivity index (χ0v) is 13.9. The molecule has 0 saturated heterocycles. The Labute approximate surface area is 144 Å². The van der Waals surface area contributed by atoms with Crippen molar-refractivity contribution in [2.45, 2.75) is 13.8 Å². The summed E-state index contributed by atoms with van der Waals surface area (Å²) in [6, 6.07) is 5.57. The lowest BCUT2D eigenvalue weighted by Gasteiger charge is -2.09. The fourth-order valence-corrected chi connectivity index (χ4v) is 2.44. The van der Waals surface area contributed by atoms with Crippen LogP contribution in [0.2, 0.25) is 5.15 Å². The van der Waals surface area contributed by atoms with Gasteiger partial charge in [0.05, 0.1) is 12.4 Å². The Morgan fingerprint density at radius 3 is 2.67 bits per heavy atom. The van der Waals surface area contributed by atoms with Gasteiger partial charge in [-0.3, -0.25) is 14.8 Å². The van der Waals surface area contributed by atoms with Crippen LogP contribution in [-0.2, 0) is 0 Å². The second-order valence-electron chi connectivity index (χ2n) is 5.25. The van der Waals surface area contributed by atoms with Crippen LogP contribution in [-0.4, -0.2) is 25.8 Å². The first-order valence-electron chi connectivity index (χ1n) is 7.21. The molecule has 0 aliphatic heterocycles. The predicted molar refractivity (Wildman–Crippen MR) is 91.9 cm³/mol. The van der Waals surface area contributed by atoms with Gasteiger partial charge in [0.15, 0.2) is 5.82 Å². The highest BCUT2D eigenvalue weighted by Gasteiger charge is 2.13. The van der Waals surface area contributed by atoms with Gasteiger partial charge in [-0.05, 0) is 43.2 Å². The Bertz CT molecular complexity index is 913. The Balaban J connectivity index is 1.94. The van der Waals surface area contributed by atoms with Crippen molar-refractivity contribution in [3.63, 3.8) is 0 Å². The van der Waals surface area contributed by atoms with Gasteiger partial charge < -0.3 is 5.32 Å². The number of pyridine rings is 2. The van der Waals surface area contributed by atoms with E-state index in [9.17, 15) is 4.79 Å². The summed E-state index contributed by atoms with van der Waals surface area (Å²) in [6.07, 6.45) is 6.32. The van der Waals surface area contributed by atoms with Crippen molar-refractivity contribution in [2.75, 3.05) is 5.32 Å². The van der Waals surface area contributed by atoms with Gasteiger partial charge in [-0.1, -0.05) is 11.6 Å². The van der Waals surface area contributed by atoms with Crippen molar-refractivity contribution < 1.29 is 4.79 Å². The van der Waals surface area contributed by atoms with E-state index in [1.165, 1.54) is 12.4 Å². The topological polar surface area (TPSA) is 80.7 Å². The van der Waals surface area contributed by atoms with Crippen LogP contribution < -0.4 is 5.32 Å². The molecular formula is C17H14ClN5O. The lowest BCUT2D eigenvalue weighted by molar-refractivity contribution is 0.102. The molecule has 0 aromatic carbocycles. The number of hydrogen-bond donors (Lipinski definition) is 1. The average Bonchev–Trinajstić information content (AvgIpc) is 2.54. The van der Waals surface area contributed by atoms with Gasteiger partial charge in [0.1, 0.15) is 10.8 Å². The Kier molecular flexibility index (Phi) is 4.48. The number of rotatable bonds is 3. The molecule has 120 valence electrons. The number of carbonyl (C=O) groups is 1. The first-order valence-corrected chi connectivity index (χ1v) is 7.59. The molecule has 0 aliphatic rings. The van der Waals surface area contributed by atoms with Crippen LogP contribution in [0.4, 0.5) is 5.82 Å². The van der Waals surface area contributed by atoms with Gasteiger partial charge in [-0.25, -0.2) is 9.97 Å². The number of halogens is 1. The third-order valence-corrected chi connectivity index (χ3v) is 3.56. The number of hydrogen-bond acceptors (Lipinski definition) is 5. The van der Waals surface area contributed by atoms with E-state index < -0.39 is 0 Å². The van der Waals surface area contributed by atoms with Crippen molar-refractivity contribution in [1.82, 2.24) is 19.9 Å². The van der Waals surface area contributed by atoms with E-state index in [2.05, 4.69) is 25.3 Å². The first kappa shape index (κ1) is 16.0. The highest BCUT2D eigenvalue weighted by atomic mass is 35.5. The van der Waals surface area contributed by atoms with E-state index in [0.717, 1.165) is 22.4 Å². The number of carbonyl (C=O) groups excluding carboxylic acids is 1. The molecule has 7 heteroatoms. The predicted octanol–water partition coefficient (Wildman–Crippen LogP) is 3.46. The van der Waals surface area contributed by atoms with Gasteiger partial charge in [-0.2, -0.15) is 0 Å². The maximum Gasteiger partial charge on any atom is 0.275 e. The van der Waals surface area contributed by atoms with Crippen molar-refractivity contribution in [2.24, 2.45) is 0 Å². The van der Waals surface area contributed by atoms with Gasteiger partial charge >= 0.3 is 0 Å². The summed E-state index contributed by atoms with van der Waals surface area (Å²) in [4.78, 5) is 28.8. The van der Waals surface area contributed by atoms with E-state index in [-0.39, 0.29) is 22.6 Å². The van der Waals surface area contributed by atoms with Crippen LogP contribution in [0.5, 0.6) is 0 Å². The van der Waals surface area contributed by atoms with Gasteiger partial charge in [0.2, 0.25) is 0 Å². The molecule has 0 aliphatic carbocycles. The Hall–Kier alpha value is -2.86. The van der Waals surface area contributed by atoms with E-state index in [4.69, 9.17) is 11.6 Å². The van der Waals surface area contributed by atoms with E-state index in [1.807, 2.05) is 26.0 Å².